The second-order valence-electron chi connectivity index (χ2n) is 6.25. The van der Waals surface area contributed by atoms with Gasteiger partial charge in [-0.25, -0.2) is 4.98 Å². The standard InChI is InChI=1S/C18H22ClN3O2S/c19-14-3-1-13(2-4-14)18(6-9-24-10-7-18)12-21-17(23)15-11-25-16(22-15)5-8-20/h1-4,11H,5-10,12,20H2,(H,21,23). The van der Waals surface area contributed by atoms with Crippen LogP contribution >= 0.6 is 22.9 Å². The Morgan fingerprint density at radius 1 is 1.32 bits per heavy atom. The van der Waals surface area contributed by atoms with E-state index in [4.69, 9.17) is 22.1 Å². The Morgan fingerprint density at radius 2 is 2.04 bits per heavy atom. The maximum absolute atomic E-state index is 12.5. The SMILES string of the molecule is NCCc1nc(C(=O)NCC2(c3ccc(Cl)cc3)CCOCC2)cs1. The summed E-state index contributed by atoms with van der Waals surface area (Å²) >= 11 is 7.50. The molecule has 1 aliphatic heterocycles. The van der Waals surface area contributed by atoms with Gasteiger partial charge >= 0.3 is 0 Å². The molecular formula is C18H22ClN3O2S. The second kappa shape index (κ2) is 8.27. The molecule has 1 amide bonds. The van der Waals surface area contributed by atoms with Gasteiger partial charge in [-0.3, -0.25) is 4.79 Å². The van der Waals surface area contributed by atoms with Crippen molar-refractivity contribution >= 4 is 28.8 Å². The van der Waals surface area contributed by atoms with Crippen LogP contribution in [0.4, 0.5) is 0 Å². The topological polar surface area (TPSA) is 77.2 Å². The third-order valence-electron chi connectivity index (χ3n) is 4.64. The summed E-state index contributed by atoms with van der Waals surface area (Å²) in [5.74, 6) is -0.139. The number of amides is 1. The summed E-state index contributed by atoms with van der Waals surface area (Å²) in [6, 6.07) is 7.88. The number of hydrogen-bond acceptors (Lipinski definition) is 5. The number of rotatable bonds is 6. The molecular weight excluding hydrogens is 358 g/mol. The number of nitrogens with one attached hydrogen (secondary N) is 1. The molecule has 0 aliphatic carbocycles. The Balaban J connectivity index is 1.72. The van der Waals surface area contributed by atoms with Gasteiger partial charge in [0.2, 0.25) is 0 Å². The van der Waals surface area contributed by atoms with Gasteiger partial charge in [0.1, 0.15) is 5.69 Å². The molecule has 3 N–H and O–H groups in total. The van der Waals surface area contributed by atoms with Crippen LogP contribution in [-0.4, -0.2) is 37.2 Å². The summed E-state index contributed by atoms with van der Waals surface area (Å²) in [5, 5.41) is 6.46. The minimum Gasteiger partial charge on any atom is -0.381 e. The predicted molar refractivity (Wildman–Crippen MR) is 100 cm³/mol. The number of hydrogen-bond donors (Lipinski definition) is 2. The molecule has 0 bridgehead atoms. The number of carbonyl (C=O) groups is 1. The molecule has 0 unspecified atom stereocenters. The van der Waals surface area contributed by atoms with Crippen molar-refractivity contribution in [2.24, 2.45) is 5.73 Å². The third-order valence-corrected chi connectivity index (χ3v) is 5.80. The fraction of sp³-hybridized carbons (Fsp3) is 0.444. The van der Waals surface area contributed by atoms with E-state index in [0.29, 0.717) is 43.4 Å². The van der Waals surface area contributed by atoms with Crippen molar-refractivity contribution in [3.8, 4) is 0 Å². The molecule has 7 heteroatoms. The largest absolute Gasteiger partial charge is 0.381 e. The van der Waals surface area contributed by atoms with Gasteiger partial charge in [-0.1, -0.05) is 23.7 Å². The average Bonchev–Trinajstić information content (AvgIpc) is 3.10. The van der Waals surface area contributed by atoms with E-state index < -0.39 is 0 Å². The lowest BCUT2D eigenvalue weighted by Gasteiger charge is -2.38. The van der Waals surface area contributed by atoms with Crippen LogP contribution in [0, 0.1) is 0 Å². The highest BCUT2D eigenvalue weighted by atomic mass is 35.5. The van der Waals surface area contributed by atoms with E-state index in [0.717, 1.165) is 17.8 Å². The molecule has 2 heterocycles. The van der Waals surface area contributed by atoms with Gasteiger partial charge in [0.05, 0.1) is 5.01 Å². The zero-order valence-electron chi connectivity index (χ0n) is 14.0. The fourth-order valence-electron chi connectivity index (χ4n) is 3.13. The first-order chi connectivity index (χ1) is 12.1. The number of halogens is 1. The van der Waals surface area contributed by atoms with Crippen LogP contribution in [0.15, 0.2) is 29.6 Å². The zero-order chi connectivity index (χ0) is 17.7. The van der Waals surface area contributed by atoms with E-state index in [9.17, 15) is 4.79 Å². The van der Waals surface area contributed by atoms with Crippen LogP contribution in [0.25, 0.3) is 0 Å². The van der Waals surface area contributed by atoms with Crippen molar-refractivity contribution in [1.82, 2.24) is 10.3 Å². The molecule has 0 saturated carbocycles. The van der Waals surface area contributed by atoms with Gasteiger partial charge in [0.25, 0.3) is 5.91 Å². The molecule has 134 valence electrons. The first-order valence-electron chi connectivity index (χ1n) is 8.39. The molecule has 0 atom stereocenters. The quantitative estimate of drug-likeness (QED) is 0.809. The number of nitrogens with zero attached hydrogens (tertiary/aromatic N) is 1. The highest BCUT2D eigenvalue weighted by Crippen LogP contribution is 2.35. The molecule has 1 fully saturated rings. The number of thiazole rings is 1. The van der Waals surface area contributed by atoms with E-state index in [2.05, 4.69) is 10.3 Å². The fourth-order valence-corrected chi connectivity index (χ4v) is 4.05. The van der Waals surface area contributed by atoms with Crippen molar-refractivity contribution in [3.05, 3.63) is 50.9 Å². The van der Waals surface area contributed by atoms with Gasteiger partial charge in [0.15, 0.2) is 0 Å². The lowest BCUT2D eigenvalue weighted by molar-refractivity contribution is 0.0487. The summed E-state index contributed by atoms with van der Waals surface area (Å²) < 4.78 is 5.53. The van der Waals surface area contributed by atoms with E-state index in [-0.39, 0.29) is 11.3 Å². The second-order valence-corrected chi connectivity index (χ2v) is 7.63. The van der Waals surface area contributed by atoms with Gasteiger partial charge < -0.3 is 15.8 Å². The number of carbonyl (C=O) groups excluding carboxylic acids is 1. The minimum atomic E-state index is -0.139. The highest BCUT2D eigenvalue weighted by molar-refractivity contribution is 7.09. The Kier molecular flexibility index (Phi) is 6.06. The molecule has 1 aliphatic rings. The van der Waals surface area contributed by atoms with E-state index in [1.807, 2.05) is 24.3 Å². The normalized spacial score (nSPS) is 16.6. The van der Waals surface area contributed by atoms with Crippen LogP contribution in [0.5, 0.6) is 0 Å². The summed E-state index contributed by atoms with van der Waals surface area (Å²) in [7, 11) is 0. The van der Waals surface area contributed by atoms with Gasteiger partial charge in [-0.2, -0.15) is 0 Å². The van der Waals surface area contributed by atoms with Gasteiger partial charge in [-0.15, -0.1) is 11.3 Å². The van der Waals surface area contributed by atoms with Crippen LogP contribution in [0.2, 0.25) is 5.02 Å². The highest BCUT2D eigenvalue weighted by Gasteiger charge is 2.35. The molecule has 1 aromatic carbocycles. The summed E-state index contributed by atoms with van der Waals surface area (Å²) in [6.45, 7) is 2.47. The van der Waals surface area contributed by atoms with Crippen molar-refractivity contribution in [2.75, 3.05) is 26.3 Å². The van der Waals surface area contributed by atoms with Gasteiger partial charge in [0, 0.05) is 42.0 Å². The molecule has 1 saturated heterocycles. The summed E-state index contributed by atoms with van der Waals surface area (Å²) in [5.41, 5.74) is 7.06. The van der Waals surface area contributed by atoms with Crippen molar-refractivity contribution < 1.29 is 9.53 Å². The van der Waals surface area contributed by atoms with Crippen molar-refractivity contribution in [1.29, 1.82) is 0 Å². The molecule has 2 aromatic rings. The zero-order valence-corrected chi connectivity index (χ0v) is 15.5. The third kappa shape index (κ3) is 4.39. The monoisotopic (exact) mass is 379 g/mol. The lowest BCUT2D eigenvalue weighted by atomic mass is 9.74. The predicted octanol–water partition coefficient (Wildman–Crippen LogP) is 2.78. The maximum Gasteiger partial charge on any atom is 0.270 e. The number of benzene rings is 1. The molecule has 0 radical (unpaired) electrons. The lowest BCUT2D eigenvalue weighted by Crippen LogP contribution is -2.44. The number of ether oxygens (including phenoxy) is 1. The van der Waals surface area contributed by atoms with Crippen molar-refractivity contribution in [2.45, 2.75) is 24.7 Å². The van der Waals surface area contributed by atoms with Crippen LogP contribution < -0.4 is 11.1 Å². The number of aromatic nitrogens is 1. The van der Waals surface area contributed by atoms with E-state index in [1.54, 1.807) is 5.38 Å². The Bertz CT molecular complexity index is 711. The molecule has 5 nitrogen and oxygen atoms in total. The first-order valence-corrected chi connectivity index (χ1v) is 9.65. The molecule has 3 rings (SSSR count). The molecule has 1 aromatic heterocycles. The number of nitrogens with two attached hydrogens (primary N) is 1. The average molecular weight is 380 g/mol. The van der Waals surface area contributed by atoms with Crippen molar-refractivity contribution in [3.63, 3.8) is 0 Å². The Labute approximate surface area is 156 Å². The smallest absolute Gasteiger partial charge is 0.270 e. The minimum absolute atomic E-state index is 0.130. The first kappa shape index (κ1) is 18.3. The summed E-state index contributed by atoms with van der Waals surface area (Å²) in [6.07, 6.45) is 2.43. The summed E-state index contributed by atoms with van der Waals surface area (Å²) in [4.78, 5) is 16.8. The van der Waals surface area contributed by atoms with Gasteiger partial charge in [-0.05, 0) is 37.1 Å². The Morgan fingerprint density at radius 3 is 2.72 bits per heavy atom. The Hall–Kier alpha value is -1.47. The van der Waals surface area contributed by atoms with E-state index in [1.165, 1.54) is 16.9 Å². The maximum atomic E-state index is 12.5. The molecule has 0 spiro atoms. The van der Waals surface area contributed by atoms with Crippen LogP contribution in [-0.2, 0) is 16.6 Å². The van der Waals surface area contributed by atoms with Crippen LogP contribution in [0.3, 0.4) is 0 Å². The molecule has 25 heavy (non-hydrogen) atoms. The van der Waals surface area contributed by atoms with E-state index >= 15 is 0 Å². The van der Waals surface area contributed by atoms with Crippen LogP contribution in [0.1, 0.15) is 33.9 Å².